The number of amides is 2. The molecule has 7 nitrogen and oxygen atoms in total. The van der Waals surface area contributed by atoms with E-state index < -0.39 is 23.4 Å². The van der Waals surface area contributed by atoms with Gasteiger partial charge in [0.1, 0.15) is 17.3 Å². The SMILES string of the molecule is CCNCCCNC(=O)c1[nH]ncc1NC(=O)c1cc(F)cc(F)c1. The zero-order chi connectivity index (χ0) is 18.2. The van der Waals surface area contributed by atoms with Crippen LogP contribution in [-0.4, -0.2) is 41.6 Å². The second kappa shape index (κ2) is 8.88. The standard InChI is InChI=1S/C16H19F2N5O2/c1-2-19-4-3-5-20-16(25)14-13(9-21-23-14)22-15(24)10-6-11(17)8-12(18)7-10/h6-9,19H,2-5H2,1H3,(H,20,25)(H,21,23)(H,22,24). The summed E-state index contributed by atoms with van der Waals surface area (Å²) in [5, 5.41) is 14.5. The van der Waals surface area contributed by atoms with E-state index in [1.54, 1.807) is 0 Å². The molecule has 0 spiro atoms. The van der Waals surface area contributed by atoms with E-state index in [1.165, 1.54) is 6.20 Å². The number of carbonyl (C=O) groups is 2. The van der Waals surface area contributed by atoms with Gasteiger partial charge in [-0.15, -0.1) is 0 Å². The highest BCUT2D eigenvalue weighted by Gasteiger charge is 2.17. The molecule has 0 saturated carbocycles. The predicted octanol–water partition coefficient (Wildman–Crippen LogP) is 1.67. The zero-order valence-corrected chi connectivity index (χ0v) is 13.7. The maximum absolute atomic E-state index is 13.2. The Hall–Kier alpha value is -2.81. The minimum absolute atomic E-state index is 0.0636. The van der Waals surface area contributed by atoms with Gasteiger partial charge in [-0.2, -0.15) is 5.10 Å². The van der Waals surface area contributed by atoms with E-state index in [1.807, 2.05) is 6.92 Å². The van der Waals surface area contributed by atoms with Crippen molar-refractivity contribution in [3.63, 3.8) is 0 Å². The normalized spacial score (nSPS) is 10.5. The average Bonchev–Trinajstić information content (AvgIpc) is 3.01. The molecule has 1 aromatic heterocycles. The van der Waals surface area contributed by atoms with Gasteiger partial charge in [0.05, 0.1) is 11.9 Å². The second-order valence-corrected chi connectivity index (χ2v) is 5.23. The van der Waals surface area contributed by atoms with Crippen molar-refractivity contribution in [1.29, 1.82) is 0 Å². The van der Waals surface area contributed by atoms with Crippen LogP contribution in [0.15, 0.2) is 24.4 Å². The molecular formula is C16H19F2N5O2. The Morgan fingerprint density at radius 1 is 1.12 bits per heavy atom. The molecule has 0 aliphatic rings. The highest BCUT2D eigenvalue weighted by Crippen LogP contribution is 2.15. The van der Waals surface area contributed by atoms with Gasteiger partial charge in [0.25, 0.3) is 11.8 Å². The molecule has 25 heavy (non-hydrogen) atoms. The number of benzene rings is 1. The van der Waals surface area contributed by atoms with Gasteiger partial charge in [0.15, 0.2) is 0 Å². The minimum atomic E-state index is -0.865. The van der Waals surface area contributed by atoms with Crippen molar-refractivity contribution in [3.05, 3.63) is 47.3 Å². The lowest BCUT2D eigenvalue weighted by atomic mass is 10.2. The van der Waals surface area contributed by atoms with Gasteiger partial charge < -0.3 is 16.0 Å². The third-order valence-electron chi connectivity index (χ3n) is 3.31. The smallest absolute Gasteiger partial charge is 0.271 e. The second-order valence-electron chi connectivity index (χ2n) is 5.23. The van der Waals surface area contributed by atoms with Gasteiger partial charge in [-0.1, -0.05) is 6.92 Å². The summed E-state index contributed by atoms with van der Waals surface area (Å²) >= 11 is 0. The Bertz CT molecular complexity index is 728. The van der Waals surface area contributed by atoms with Gasteiger partial charge in [-0.25, -0.2) is 8.78 Å². The molecule has 9 heteroatoms. The maximum atomic E-state index is 13.2. The molecule has 0 aliphatic carbocycles. The van der Waals surface area contributed by atoms with Crippen LogP contribution in [-0.2, 0) is 0 Å². The highest BCUT2D eigenvalue weighted by atomic mass is 19.1. The van der Waals surface area contributed by atoms with Crippen molar-refractivity contribution in [2.24, 2.45) is 0 Å². The first kappa shape index (κ1) is 18.5. The van der Waals surface area contributed by atoms with Crippen molar-refractivity contribution in [2.45, 2.75) is 13.3 Å². The highest BCUT2D eigenvalue weighted by molar-refractivity contribution is 6.08. The number of aromatic nitrogens is 2. The number of anilines is 1. The van der Waals surface area contributed by atoms with Crippen molar-refractivity contribution in [3.8, 4) is 0 Å². The molecule has 0 atom stereocenters. The number of nitrogens with zero attached hydrogens (tertiary/aromatic N) is 1. The third-order valence-corrected chi connectivity index (χ3v) is 3.31. The Kier molecular flexibility index (Phi) is 6.58. The molecule has 2 aromatic rings. The lowest BCUT2D eigenvalue weighted by Crippen LogP contribution is -2.28. The first-order chi connectivity index (χ1) is 12.0. The fourth-order valence-electron chi connectivity index (χ4n) is 2.11. The van der Waals surface area contributed by atoms with Crippen molar-refractivity contribution < 1.29 is 18.4 Å². The summed E-state index contributed by atoms with van der Waals surface area (Å²) in [6.45, 7) is 4.07. The Labute approximate surface area is 143 Å². The zero-order valence-electron chi connectivity index (χ0n) is 13.7. The van der Waals surface area contributed by atoms with Crippen LogP contribution in [0.25, 0.3) is 0 Å². The molecule has 134 valence electrons. The number of halogens is 2. The fourth-order valence-corrected chi connectivity index (χ4v) is 2.11. The summed E-state index contributed by atoms with van der Waals surface area (Å²) in [4.78, 5) is 24.2. The van der Waals surface area contributed by atoms with Crippen LogP contribution in [0.4, 0.5) is 14.5 Å². The molecule has 0 fully saturated rings. The maximum Gasteiger partial charge on any atom is 0.271 e. The fraction of sp³-hybridized carbons (Fsp3) is 0.312. The Morgan fingerprint density at radius 2 is 1.84 bits per heavy atom. The molecule has 0 saturated heterocycles. The van der Waals surface area contributed by atoms with Gasteiger partial charge in [0.2, 0.25) is 0 Å². The van der Waals surface area contributed by atoms with Crippen LogP contribution in [0.3, 0.4) is 0 Å². The van der Waals surface area contributed by atoms with Crippen molar-refractivity contribution in [2.75, 3.05) is 25.0 Å². The number of aromatic amines is 1. The van der Waals surface area contributed by atoms with Crippen LogP contribution >= 0.6 is 0 Å². The molecule has 1 heterocycles. The molecule has 0 unspecified atom stereocenters. The van der Waals surface area contributed by atoms with Gasteiger partial charge >= 0.3 is 0 Å². The number of H-pyrrole nitrogens is 1. The Morgan fingerprint density at radius 3 is 2.52 bits per heavy atom. The summed E-state index contributed by atoms with van der Waals surface area (Å²) < 4.78 is 26.4. The van der Waals surface area contributed by atoms with Crippen LogP contribution in [0.2, 0.25) is 0 Å². The molecular weight excluding hydrogens is 332 g/mol. The lowest BCUT2D eigenvalue weighted by Gasteiger charge is -2.07. The summed E-state index contributed by atoms with van der Waals surface area (Å²) in [6, 6.07) is 2.47. The molecule has 0 bridgehead atoms. The molecule has 1 aromatic carbocycles. The molecule has 4 N–H and O–H groups in total. The van der Waals surface area contributed by atoms with E-state index in [2.05, 4.69) is 26.1 Å². The molecule has 2 rings (SSSR count). The van der Waals surface area contributed by atoms with E-state index >= 15 is 0 Å². The number of nitrogens with one attached hydrogen (secondary N) is 4. The van der Waals surface area contributed by atoms with Crippen LogP contribution in [0.5, 0.6) is 0 Å². The molecule has 2 amide bonds. The predicted molar refractivity (Wildman–Crippen MR) is 88.4 cm³/mol. The van der Waals surface area contributed by atoms with Gasteiger partial charge in [-0.05, 0) is 31.6 Å². The largest absolute Gasteiger partial charge is 0.351 e. The molecule has 0 radical (unpaired) electrons. The Balaban J connectivity index is 1.98. The first-order valence-electron chi connectivity index (χ1n) is 7.81. The average molecular weight is 351 g/mol. The van der Waals surface area contributed by atoms with E-state index in [-0.39, 0.29) is 16.9 Å². The molecule has 0 aliphatic heterocycles. The summed E-state index contributed by atoms with van der Waals surface area (Å²) in [5.74, 6) is -2.91. The number of hydrogen-bond acceptors (Lipinski definition) is 4. The summed E-state index contributed by atoms with van der Waals surface area (Å²) in [7, 11) is 0. The first-order valence-corrected chi connectivity index (χ1v) is 7.81. The van der Waals surface area contributed by atoms with Crippen LogP contribution < -0.4 is 16.0 Å². The minimum Gasteiger partial charge on any atom is -0.351 e. The monoisotopic (exact) mass is 351 g/mol. The number of carbonyl (C=O) groups excluding carboxylic acids is 2. The topological polar surface area (TPSA) is 98.9 Å². The number of hydrogen-bond donors (Lipinski definition) is 4. The van der Waals surface area contributed by atoms with Gasteiger partial charge in [-0.3, -0.25) is 14.7 Å². The van der Waals surface area contributed by atoms with E-state index in [9.17, 15) is 18.4 Å². The van der Waals surface area contributed by atoms with E-state index in [4.69, 9.17) is 0 Å². The van der Waals surface area contributed by atoms with E-state index in [0.29, 0.717) is 12.6 Å². The third kappa shape index (κ3) is 5.35. The lowest BCUT2D eigenvalue weighted by molar-refractivity contribution is 0.0949. The summed E-state index contributed by atoms with van der Waals surface area (Å²) in [6.07, 6.45) is 2.00. The quantitative estimate of drug-likeness (QED) is 0.544. The summed E-state index contributed by atoms with van der Waals surface area (Å²) in [5.41, 5.74) is -0.0109. The number of rotatable bonds is 8. The van der Waals surface area contributed by atoms with E-state index in [0.717, 1.165) is 31.6 Å². The van der Waals surface area contributed by atoms with Crippen LogP contribution in [0.1, 0.15) is 34.2 Å². The van der Waals surface area contributed by atoms with Crippen LogP contribution in [0, 0.1) is 11.6 Å². The van der Waals surface area contributed by atoms with Crippen molar-refractivity contribution >= 4 is 17.5 Å². The van der Waals surface area contributed by atoms with Gasteiger partial charge in [0, 0.05) is 18.2 Å². The van der Waals surface area contributed by atoms with Crippen molar-refractivity contribution in [1.82, 2.24) is 20.8 Å².